The van der Waals surface area contributed by atoms with Crippen LogP contribution >= 0.6 is 0 Å². The number of aromatic amines is 1. The minimum atomic E-state index is 0.104. The van der Waals surface area contributed by atoms with E-state index in [4.69, 9.17) is 4.74 Å². The first-order chi connectivity index (χ1) is 14.6. The van der Waals surface area contributed by atoms with Gasteiger partial charge in [-0.3, -0.25) is 9.59 Å². The van der Waals surface area contributed by atoms with Crippen molar-refractivity contribution in [2.24, 2.45) is 5.92 Å². The van der Waals surface area contributed by atoms with Gasteiger partial charge in [0, 0.05) is 24.7 Å². The molecule has 7 heteroatoms. The molecule has 0 fully saturated rings. The van der Waals surface area contributed by atoms with E-state index in [0.717, 1.165) is 33.5 Å². The summed E-state index contributed by atoms with van der Waals surface area (Å²) in [5.41, 5.74) is 3.88. The highest BCUT2D eigenvalue weighted by molar-refractivity contribution is 5.93. The van der Waals surface area contributed by atoms with E-state index >= 15 is 0 Å². The molecule has 1 aliphatic heterocycles. The second kappa shape index (κ2) is 8.41. The molecule has 2 amide bonds. The summed E-state index contributed by atoms with van der Waals surface area (Å²) >= 11 is 0. The number of fused-ring (bicyclic) bond motifs is 1. The molecule has 3 aromatic rings. The van der Waals surface area contributed by atoms with Crippen LogP contribution in [0.5, 0.6) is 5.75 Å². The Kier molecular flexibility index (Phi) is 5.52. The normalized spacial score (nSPS) is 16.3. The number of rotatable bonds is 6. The summed E-state index contributed by atoms with van der Waals surface area (Å²) in [4.78, 5) is 33.1. The van der Waals surface area contributed by atoms with E-state index in [-0.39, 0.29) is 11.8 Å². The van der Waals surface area contributed by atoms with Crippen molar-refractivity contribution in [3.8, 4) is 5.75 Å². The van der Waals surface area contributed by atoms with E-state index in [1.807, 2.05) is 47.5 Å². The number of H-pyrrole nitrogens is 1. The maximum absolute atomic E-state index is 12.8. The molecule has 0 bridgehead atoms. The second-order valence-corrected chi connectivity index (χ2v) is 7.44. The molecule has 154 valence electrons. The number of pyridine rings is 1. The van der Waals surface area contributed by atoms with Crippen molar-refractivity contribution in [2.45, 2.75) is 13.3 Å². The van der Waals surface area contributed by atoms with Crippen molar-refractivity contribution in [2.75, 3.05) is 25.5 Å². The number of ether oxygens (including phenoxy) is 1. The Morgan fingerprint density at radius 2 is 2.13 bits per heavy atom. The number of hydrogen-bond donors (Lipinski definition) is 2. The number of amides is 2. The number of nitrogens with zero attached hydrogens (tertiary/aromatic N) is 2. The molecule has 0 saturated carbocycles. The maximum atomic E-state index is 12.8. The molecule has 0 aliphatic carbocycles. The van der Waals surface area contributed by atoms with Gasteiger partial charge in [0.05, 0.1) is 13.5 Å². The van der Waals surface area contributed by atoms with Gasteiger partial charge in [-0.1, -0.05) is 25.1 Å². The molecular weight excluding hydrogens is 380 g/mol. The summed E-state index contributed by atoms with van der Waals surface area (Å²) in [5, 5.41) is 3.64. The summed E-state index contributed by atoms with van der Waals surface area (Å²) in [6.45, 7) is 3.31. The van der Waals surface area contributed by atoms with Gasteiger partial charge in [0.2, 0.25) is 12.3 Å². The quantitative estimate of drug-likeness (QED) is 0.618. The first-order valence-electron chi connectivity index (χ1n) is 9.88. The van der Waals surface area contributed by atoms with Gasteiger partial charge in [-0.25, -0.2) is 4.98 Å². The number of anilines is 1. The Balaban J connectivity index is 1.54. The van der Waals surface area contributed by atoms with E-state index in [0.29, 0.717) is 31.7 Å². The van der Waals surface area contributed by atoms with E-state index in [1.165, 1.54) is 0 Å². The van der Waals surface area contributed by atoms with Gasteiger partial charge in [-0.2, -0.15) is 0 Å². The number of methoxy groups -OCH3 is 1. The standard InChI is InChI=1S/C23H24N4O3/c1-15-13-27(22(29)11-16-3-5-17(30-2)6-4-16)10-8-18(15)20-12-21(25-14-28)26-23-19(20)7-9-24-23/h3-9,12,14-15H,10-11,13H2,1-2H3,(H2,24,25,26,28). The second-order valence-electron chi connectivity index (χ2n) is 7.44. The SMILES string of the molecule is COc1ccc(CC(=O)N2CC=C(c3cc(NC=O)nc4[nH]ccc34)C(C)C2)cc1. The topological polar surface area (TPSA) is 87.3 Å². The van der Waals surface area contributed by atoms with Crippen LogP contribution in [0.4, 0.5) is 5.82 Å². The Morgan fingerprint density at radius 3 is 2.83 bits per heavy atom. The summed E-state index contributed by atoms with van der Waals surface area (Å²) < 4.78 is 5.17. The molecule has 30 heavy (non-hydrogen) atoms. The fourth-order valence-corrected chi connectivity index (χ4v) is 3.93. The Bertz CT molecular complexity index is 1100. The average Bonchev–Trinajstić information content (AvgIpc) is 3.23. The number of aromatic nitrogens is 2. The fourth-order valence-electron chi connectivity index (χ4n) is 3.93. The molecule has 1 aromatic carbocycles. The first-order valence-corrected chi connectivity index (χ1v) is 9.88. The lowest BCUT2D eigenvalue weighted by atomic mass is 9.89. The molecule has 0 saturated heterocycles. The molecular formula is C23H24N4O3. The van der Waals surface area contributed by atoms with Crippen LogP contribution in [0.3, 0.4) is 0 Å². The Hall–Kier alpha value is -3.61. The largest absolute Gasteiger partial charge is 0.497 e. The van der Waals surface area contributed by atoms with Crippen LogP contribution in [0.1, 0.15) is 18.1 Å². The predicted molar refractivity (Wildman–Crippen MR) is 116 cm³/mol. The molecule has 2 aromatic heterocycles. The molecule has 2 N–H and O–H groups in total. The van der Waals surface area contributed by atoms with Gasteiger partial charge < -0.3 is 19.9 Å². The number of hydrogen-bond acceptors (Lipinski definition) is 4. The van der Waals surface area contributed by atoms with Crippen LogP contribution in [-0.2, 0) is 16.0 Å². The summed E-state index contributed by atoms with van der Waals surface area (Å²) in [6, 6.07) is 11.5. The fraction of sp³-hybridized carbons (Fsp3) is 0.261. The zero-order valence-corrected chi connectivity index (χ0v) is 17.0. The minimum Gasteiger partial charge on any atom is -0.497 e. The number of carbonyl (C=O) groups excluding carboxylic acids is 2. The smallest absolute Gasteiger partial charge is 0.227 e. The highest BCUT2D eigenvalue weighted by Gasteiger charge is 2.25. The third-order valence-electron chi connectivity index (χ3n) is 5.47. The van der Waals surface area contributed by atoms with Gasteiger partial charge >= 0.3 is 0 Å². The van der Waals surface area contributed by atoms with Crippen LogP contribution in [0.15, 0.2) is 48.7 Å². The average molecular weight is 404 g/mol. The van der Waals surface area contributed by atoms with E-state index in [2.05, 4.69) is 28.3 Å². The van der Waals surface area contributed by atoms with Crippen molar-refractivity contribution < 1.29 is 14.3 Å². The van der Waals surface area contributed by atoms with Gasteiger partial charge in [0.25, 0.3) is 0 Å². The van der Waals surface area contributed by atoms with Gasteiger partial charge in [0.1, 0.15) is 17.2 Å². The lowest BCUT2D eigenvalue weighted by Crippen LogP contribution is -2.39. The highest BCUT2D eigenvalue weighted by atomic mass is 16.5. The third-order valence-corrected chi connectivity index (χ3v) is 5.47. The van der Waals surface area contributed by atoms with E-state index in [9.17, 15) is 9.59 Å². The molecule has 3 heterocycles. The van der Waals surface area contributed by atoms with Crippen molar-refractivity contribution in [3.63, 3.8) is 0 Å². The Labute approximate surface area is 174 Å². The zero-order chi connectivity index (χ0) is 21.1. The predicted octanol–water partition coefficient (Wildman–Crippen LogP) is 3.24. The summed E-state index contributed by atoms with van der Waals surface area (Å²) in [7, 11) is 1.63. The Morgan fingerprint density at radius 1 is 1.33 bits per heavy atom. The molecule has 4 rings (SSSR count). The molecule has 0 radical (unpaired) electrons. The summed E-state index contributed by atoms with van der Waals surface area (Å²) in [5.74, 6) is 1.54. The zero-order valence-electron chi connectivity index (χ0n) is 17.0. The van der Waals surface area contributed by atoms with Crippen molar-refractivity contribution in [3.05, 3.63) is 59.8 Å². The number of benzene rings is 1. The first kappa shape index (κ1) is 19.7. The van der Waals surface area contributed by atoms with E-state index in [1.54, 1.807) is 7.11 Å². The lowest BCUT2D eigenvalue weighted by molar-refractivity contribution is -0.130. The highest BCUT2D eigenvalue weighted by Crippen LogP contribution is 2.33. The minimum absolute atomic E-state index is 0.104. The van der Waals surface area contributed by atoms with Crippen LogP contribution < -0.4 is 10.1 Å². The molecule has 1 aliphatic rings. The maximum Gasteiger partial charge on any atom is 0.227 e. The number of nitrogens with one attached hydrogen (secondary N) is 2. The molecule has 1 unspecified atom stereocenters. The van der Waals surface area contributed by atoms with E-state index < -0.39 is 0 Å². The van der Waals surface area contributed by atoms with Crippen LogP contribution in [0.2, 0.25) is 0 Å². The van der Waals surface area contributed by atoms with Crippen molar-refractivity contribution in [1.29, 1.82) is 0 Å². The van der Waals surface area contributed by atoms with Gasteiger partial charge in [-0.05, 0) is 46.9 Å². The molecule has 0 spiro atoms. The monoisotopic (exact) mass is 404 g/mol. The van der Waals surface area contributed by atoms with Crippen molar-refractivity contribution in [1.82, 2.24) is 14.9 Å². The lowest BCUT2D eigenvalue weighted by Gasteiger charge is -2.32. The van der Waals surface area contributed by atoms with Gasteiger partial charge in [0.15, 0.2) is 0 Å². The molecule has 7 nitrogen and oxygen atoms in total. The summed E-state index contributed by atoms with van der Waals surface area (Å²) in [6.07, 6.45) is 4.93. The third kappa shape index (κ3) is 3.91. The van der Waals surface area contributed by atoms with Crippen LogP contribution in [-0.4, -0.2) is 47.4 Å². The van der Waals surface area contributed by atoms with Crippen LogP contribution in [0.25, 0.3) is 16.6 Å². The van der Waals surface area contributed by atoms with Crippen molar-refractivity contribution >= 4 is 34.7 Å². The molecule has 1 atom stereocenters. The number of carbonyl (C=O) groups is 2. The van der Waals surface area contributed by atoms with Gasteiger partial charge in [-0.15, -0.1) is 0 Å². The van der Waals surface area contributed by atoms with Crippen LogP contribution in [0, 0.1) is 5.92 Å².